The van der Waals surface area contributed by atoms with Gasteiger partial charge < -0.3 is 0 Å². The zero-order chi connectivity index (χ0) is 6.85. The molecule has 0 saturated heterocycles. The van der Waals surface area contributed by atoms with E-state index in [-0.39, 0.29) is 21.1 Å². The van der Waals surface area contributed by atoms with Gasteiger partial charge in [-0.1, -0.05) is 0 Å². The Balaban J connectivity index is 0.000000810. The van der Waals surface area contributed by atoms with E-state index in [1.807, 2.05) is 27.0 Å². The summed E-state index contributed by atoms with van der Waals surface area (Å²) in [7, 11) is 0. The summed E-state index contributed by atoms with van der Waals surface area (Å²) in [6, 6.07) is 0. The Bertz CT molecular complexity index is 223. The van der Waals surface area contributed by atoms with Gasteiger partial charge in [-0.15, -0.1) is 0 Å². The first kappa shape index (κ1) is 9.77. The first-order valence-electron chi connectivity index (χ1n) is 2.97. The largest absolute Gasteiger partial charge is 0.241 e. The summed E-state index contributed by atoms with van der Waals surface area (Å²) in [4.78, 5) is 8.19. The van der Waals surface area contributed by atoms with Crippen LogP contribution in [0.15, 0.2) is 6.20 Å². The van der Waals surface area contributed by atoms with Crippen LogP contribution in [0.4, 0.5) is 0 Å². The molecule has 1 heterocycles. The van der Waals surface area contributed by atoms with Gasteiger partial charge >= 0.3 is 0 Å². The third kappa shape index (κ3) is 2.18. The van der Waals surface area contributed by atoms with E-state index < -0.39 is 0 Å². The fourth-order valence-corrected chi connectivity index (χ4v) is 0.643. The molecule has 1 aromatic rings. The van der Waals surface area contributed by atoms with Gasteiger partial charge in [0.15, 0.2) is 0 Å². The topological polar surface area (TPSA) is 25.8 Å². The van der Waals surface area contributed by atoms with Crippen molar-refractivity contribution in [2.24, 2.45) is 0 Å². The van der Waals surface area contributed by atoms with E-state index in [2.05, 4.69) is 9.97 Å². The summed E-state index contributed by atoms with van der Waals surface area (Å²) in [5, 5.41) is 0. The molecule has 0 aliphatic rings. The van der Waals surface area contributed by atoms with E-state index in [0.29, 0.717) is 0 Å². The van der Waals surface area contributed by atoms with Crippen molar-refractivity contribution in [3.05, 3.63) is 23.3 Å². The molecule has 0 unspecified atom stereocenters. The third-order valence-corrected chi connectivity index (χ3v) is 1.35. The van der Waals surface area contributed by atoms with Crippen molar-refractivity contribution in [1.29, 1.82) is 0 Å². The summed E-state index contributed by atoms with van der Waals surface area (Å²) in [5.41, 5.74) is 2.23. The number of aromatic nitrogens is 2. The smallest absolute Gasteiger partial charge is 0.125 e. The van der Waals surface area contributed by atoms with E-state index in [0.717, 1.165) is 17.1 Å². The predicted molar refractivity (Wildman–Crippen MR) is 36.2 cm³/mol. The Hall–Kier alpha value is -0.232. The molecule has 0 aliphatic carbocycles. The maximum Gasteiger partial charge on any atom is 0.125 e. The molecule has 10 heavy (non-hydrogen) atoms. The van der Waals surface area contributed by atoms with Gasteiger partial charge in [0.1, 0.15) is 5.82 Å². The molecule has 0 spiro atoms. The average molecular weight is 317 g/mol. The maximum absolute atomic E-state index is 4.16. The van der Waals surface area contributed by atoms with Crippen molar-refractivity contribution < 1.29 is 21.1 Å². The molecule has 0 fully saturated rings. The van der Waals surface area contributed by atoms with E-state index in [9.17, 15) is 0 Å². The summed E-state index contributed by atoms with van der Waals surface area (Å²) < 4.78 is 0. The molecule has 0 atom stereocenters. The first-order chi connectivity index (χ1) is 4.20. The molecule has 0 amide bonds. The molecule has 3 heteroatoms. The van der Waals surface area contributed by atoms with Gasteiger partial charge in [0.25, 0.3) is 0 Å². The van der Waals surface area contributed by atoms with Gasteiger partial charge in [-0.25, -0.2) is 9.97 Å². The van der Waals surface area contributed by atoms with Crippen molar-refractivity contribution >= 4 is 0 Å². The Morgan fingerprint density at radius 2 is 1.80 bits per heavy atom. The summed E-state index contributed by atoms with van der Waals surface area (Å²) in [5.74, 6) is 0.845. The second kappa shape index (κ2) is 3.82. The van der Waals surface area contributed by atoms with E-state index in [4.69, 9.17) is 0 Å². The van der Waals surface area contributed by atoms with Crippen LogP contribution in [-0.4, -0.2) is 9.97 Å². The van der Waals surface area contributed by atoms with E-state index >= 15 is 0 Å². The molecule has 0 saturated carbocycles. The Morgan fingerprint density at radius 3 is 2.20 bits per heavy atom. The van der Waals surface area contributed by atoms with Crippen LogP contribution < -0.4 is 0 Å². The average Bonchev–Trinajstić information content (AvgIpc) is 1.80. The normalized spacial score (nSPS) is 8.70. The number of rotatable bonds is 0. The van der Waals surface area contributed by atoms with E-state index in [1.54, 1.807) is 0 Å². The van der Waals surface area contributed by atoms with Crippen LogP contribution in [0, 0.1) is 20.8 Å². The van der Waals surface area contributed by atoms with Gasteiger partial charge in [0.05, 0.1) is 0 Å². The van der Waals surface area contributed by atoms with Crippen molar-refractivity contribution in [1.82, 2.24) is 9.97 Å². The molecular weight excluding hydrogens is 307 g/mol. The number of hydrogen-bond donors (Lipinski definition) is 0. The number of aryl methyl sites for hydroxylation is 3. The van der Waals surface area contributed by atoms with Crippen LogP contribution >= 0.6 is 0 Å². The van der Waals surface area contributed by atoms with Crippen molar-refractivity contribution in [2.75, 3.05) is 0 Å². The third-order valence-electron chi connectivity index (χ3n) is 1.35. The molecule has 0 aliphatic heterocycles. The minimum Gasteiger partial charge on any atom is -0.241 e. The van der Waals surface area contributed by atoms with Crippen molar-refractivity contribution in [3.8, 4) is 0 Å². The molecule has 58 valence electrons. The minimum atomic E-state index is 0. The fraction of sp³-hybridized carbons (Fsp3) is 0.429. The molecule has 0 N–H and O–H groups in total. The Labute approximate surface area is 75.4 Å². The molecule has 0 radical (unpaired) electrons. The molecular formula is C7H10N2Pt. The molecule has 1 aromatic heterocycles. The van der Waals surface area contributed by atoms with Crippen molar-refractivity contribution in [2.45, 2.75) is 20.8 Å². The molecule has 0 bridgehead atoms. The SMILES string of the molecule is Cc1ncc(C)c(C)n1.[Pt]. The first-order valence-corrected chi connectivity index (χ1v) is 2.97. The van der Waals surface area contributed by atoms with Crippen LogP contribution in [0.1, 0.15) is 17.1 Å². The zero-order valence-electron chi connectivity index (χ0n) is 6.29. The zero-order valence-corrected chi connectivity index (χ0v) is 8.56. The van der Waals surface area contributed by atoms with Gasteiger partial charge in [0.2, 0.25) is 0 Å². The summed E-state index contributed by atoms with van der Waals surface area (Å²) in [6.45, 7) is 5.89. The van der Waals surface area contributed by atoms with Crippen LogP contribution in [0.2, 0.25) is 0 Å². The Morgan fingerprint density at radius 1 is 1.20 bits per heavy atom. The summed E-state index contributed by atoms with van der Waals surface area (Å²) >= 11 is 0. The number of nitrogens with zero attached hydrogens (tertiary/aromatic N) is 2. The predicted octanol–water partition coefficient (Wildman–Crippen LogP) is 1.40. The molecule has 1 rings (SSSR count). The van der Waals surface area contributed by atoms with Gasteiger partial charge in [0, 0.05) is 33.0 Å². The monoisotopic (exact) mass is 317 g/mol. The second-order valence-corrected chi connectivity index (χ2v) is 2.19. The van der Waals surface area contributed by atoms with Crippen LogP contribution in [0.3, 0.4) is 0 Å². The maximum atomic E-state index is 4.16. The van der Waals surface area contributed by atoms with Gasteiger partial charge in [-0.05, 0) is 26.3 Å². The van der Waals surface area contributed by atoms with Crippen LogP contribution in [0.5, 0.6) is 0 Å². The molecule has 0 aromatic carbocycles. The Kier molecular flexibility index (Phi) is 3.73. The summed E-state index contributed by atoms with van der Waals surface area (Å²) in [6.07, 6.45) is 1.84. The van der Waals surface area contributed by atoms with Gasteiger partial charge in [-0.2, -0.15) is 0 Å². The van der Waals surface area contributed by atoms with Crippen molar-refractivity contribution in [3.63, 3.8) is 0 Å². The minimum absolute atomic E-state index is 0. The standard InChI is InChI=1S/C7H10N2.Pt/c1-5-4-8-7(3)9-6(5)2;/h4H,1-3H3;. The van der Waals surface area contributed by atoms with Crippen LogP contribution in [-0.2, 0) is 21.1 Å². The van der Waals surface area contributed by atoms with E-state index in [1.165, 1.54) is 0 Å². The van der Waals surface area contributed by atoms with Crippen LogP contribution in [0.25, 0.3) is 0 Å². The number of hydrogen-bond acceptors (Lipinski definition) is 2. The molecule has 2 nitrogen and oxygen atoms in total. The second-order valence-electron chi connectivity index (χ2n) is 2.19. The van der Waals surface area contributed by atoms with Gasteiger partial charge in [-0.3, -0.25) is 0 Å². The quantitative estimate of drug-likeness (QED) is 0.723. The fourth-order valence-electron chi connectivity index (χ4n) is 0.643.